The Balaban J connectivity index is 1.59. The molecular formula is C16H21N3O2. The van der Waals surface area contributed by atoms with Gasteiger partial charge in [0.05, 0.1) is 12.2 Å². The summed E-state index contributed by atoms with van der Waals surface area (Å²) in [5.74, 6) is 1.29. The molecule has 0 bridgehead atoms. The second kappa shape index (κ2) is 5.95. The first-order valence-electron chi connectivity index (χ1n) is 7.46. The highest BCUT2D eigenvalue weighted by Gasteiger charge is 2.36. The lowest BCUT2D eigenvalue weighted by Crippen LogP contribution is -2.34. The minimum absolute atomic E-state index is 0.0346. The number of Topliss-reactive ketones (excluding diaryl/α,β-unsaturated/α-hetero) is 1. The van der Waals surface area contributed by atoms with Gasteiger partial charge in [-0.3, -0.25) is 14.5 Å². The Bertz CT molecular complexity index is 546. The van der Waals surface area contributed by atoms with Gasteiger partial charge in [0.15, 0.2) is 5.78 Å². The Labute approximate surface area is 124 Å². The van der Waals surface area contributed by atoms with E-state index in [1.165, 1.54) is 6.92 Å². The summed E-state index contributed by atoms with van der Waals surface area (Å²) in [6, 6.07) is 7.15. The molecule has 0 unspecified atom stereocenters. The summed E-state index contributed by atoms with van der Waals surface area (Å²) < 4.78 is 0. The first-order valence-corrected chi connectivity index (χ1v) is 7.46. The zero-order chi connectivity index (χ0) is 14.8. The number of amides is 1. The third-order valence-electron chi connectivity index (χ3n) is 4.41. The topological polar surface area (TPSA) is 61.4 Å². The number of fused-ring (bicyclic) bond motifs is 1. The molecule has 0 saturated carbocycles. The monoisotopic (exact) mass is 287 g/mol. The molecule has 0 spiro atoms. The van der Waals surface area contributed by atoms with Crippen LogP contribution in [0.3, 0.4) is 0 Å². The van der Waals surface area contributed by atoms with E-state index >= 15 is 0 Å². The predicted molar refractivity (Wildman–Crippen MR) is 81.4 cm³/mol. The van der Waals surface area contributed by atoms with Crippen LogP contribution in [-0.2, 0) is 4.79 Å². The van der Waals surface area contributed by atoms with Crippen LogP contribution in [-0.4, -0.2) is 49.3 Å². The van der Waals surface area contributed by atoms with E-state index < -0.39 is 0 Å². The number of rotatable bonds is 4. The molecule has 1 aromatic carbocycles. The van der Waals surface area contributed by atoms with Crippen molar-refractivity contribution in [1.82, 2.24) is 10.2 Å². The molecule has 2 aliphatic heterocycles. The molecule has 5 heteroatoms. The summed E-state index contributed by atoms with van der Waals surface area (Å²) in [5.41, 5.74) is 1.17. The van der Waals surface area contributed by atoms with Crippen LogP contribution in [0.2, 0.25) is 0 Å². The van der Waals surface area contributed by atoms with Crippen molar-refractivity contribution in [3.05, 3.63) is 29.8 Å². The number of nitrogens with zero attached hydrogens (tertiary/aromatic N) is 1. The van der Waals surface area contributed by atoms with Gasteiger partial charge in [-0.2, -0.15) is 0 Å². The minimum Gasteiger partial charge on any atom is -0.324 e. The zero-order valence-electron chi connectivity index (χ0n) is 12.3. The van der Waals surface area contributed by atoms with Crippen molar-refractivity contribution >= 4 is 17.4 Å². The van der Waals surface area contributed by atoms with Crippen LogP contribution < -0.4 is 10.6 Å². The van der Waals surface area contributed by atoms with Crippen LogP contribution in [0.15, 0.2) is 24.3 Å². The predicted octanol–water partition coefficient (Wildman–Crippen LogP) is 0.979. The van der Waals surface area contributed by atoms with Gasteiger partial charge < -0.3 is 10.6 Å². The van der Waals surface area contributed by atoms with E-state index in [2.05, 4.69) is 15.5 Å². The van der Waals surface area contributed by atoms with Gasteiger partial charge >= 0.3 is 0 Å². The van der Waals surface area contributed by atoms with Crippen LogP contribution in [0.4, 0.5) is 5.69 Å². The first kappa shape index (κ1) is 14.2. The maximum absolute atomic E-state index is 12.2. The summed E-state index contributed by atoms with van der Waals surface area (Å²) >= 11 is 0. The van der Waals surface area contributed by atoms with Gasteiger partial charge in [-0.25, -0.2) is 0 Å². The standard InChI is InChI=1S/C16H21N3O2/c1-11(20)14-4-2-3-5-15(14)18-16(21)10-19-8-12-6-17-7-13(12)9-19/h2-5,12-13,17H,6-10H2,1H3,(H,18,21)/t12-,13+. The van der Waals surface area contributed by atoms with E-state index in [4.69, 9.17) is 0 Å². The van der Waals surface area contributed by atoms with E-state index in [1.54, 1.807) is 18.2 Å². The number of nitrogens with one attached hydrogen (secondary N) is 2. The normalized spacial score (nSPS) is 24.8. The van der Waals surface area contributed by atoms with Crippen LogP contribution >= 0.6 is 0 Å². The van der Waals surface area contributed by atoms with Crippen LogP contribution in [0.25, 0.3) is 0 Å². The van der Waals surface area contributed by atoms with Crippen molar-refractivity contribution in [2.45, 2.75) is 6.92 Å². The molecule has 2 fully saturated rings. The van der Waals surface area contributed by atoms with Gasteiger partial charge in [0.25, 0.3) is 0 Å². The SMILES string of the molecule is CC(=O)c1ccccc1NC(=O)CN1C[C@H]2CNC[C@H]2C1. The van der Waals surface area contributed by atoms with Gasteiger partial charge in [-0.15, -0.1) is 0 Å². The molecule has 5 nitrogen and oxygen atoms in total. The van der Waals surface area contributed by atoms with E-state index in [0.29, 0.717) is 29.6 Å². The Morgan fingerprint density at radius 2 is 1.90 bits per heavy atom. The summed E-state index contributed by atoms with van der Waals surface area (Å²) in [4.78, 5) is 25.9. The molecule has 2 saturated heterocycles. The highest BCUT2D eigenvalue weighted by Crippen LogP contribution is 2.26. The molecular weight excluding hydrogens is 266 g/mol. The van der Waals surface area contributed by atoms with Gasteiger partial charge in [0.2, 0.25) is 5.91 Å². The Kier molecular flexibility index (Phi) is 4.03. The summed E-state index contributed by atoms with van der Waals surface area (Å²) in [7, 11) is 0. The van der Waals surface area contributed by atoms with Crippen LogP contribution in [0.1, 0.15) is 17.3 Å². The molecule has 2 N–H and O–H groups in total. The van der Waals surface area contributed by atoms with Crippen molar-refractivity contribution in [2.75, 3.05) is 38.0 Å². The maximum Gasteiger partial charge on any atom is 0.238 e. The lowest BCUT2D eigenvalue weighted by Gasteiger charge is -2.17. The smallest absolute Gasteiger partial charge is 0.238 e. The van der Waals surface area contributed by atoms with Crippen LogP contribution in [0, 0.1) is 11.8 Å². The molecule has 112 valence electrons. The lowest BCUT2D eigenvalue weighted by atomic mass is 10.0. The molecule has 1 amide bonds. The van der Waals surface area contributed by atoms with Gasteiger partial charge in [0.1, 0.15) is 0 Å². The van der Waals surface area contributed by atoms with Crippen LogP contribution in [0.5, 0.6) is 0 Å². The molecule has 1 aromatic rings. The number of carbonyl (C=O) groups excluding carboxylic acids is 2. The minimum atomic E-state index is -0.0448. The average molecular weight is 287 g/mol. The second-order valence-electron chi connectivity index (χ2n) is 6.02. The molecule has 2 heterocycles. The van der Waals surface area contributed by atoms with E-state index in [-0.39, 0.29) is 11.7 Å². The number of anilines is 1. The highest BCUT2D eigenvalue weighted by molar-refractivity contribution is 6.04. The number of para-hydroxylation sites is 1. The number of ketones is 1. The molecule has 0 aliphatic carbocycles. The van der Waals surface area contributed by atoms with Gasteiger partial charge in [-0.05, 0) is 44.0 Å². The first-order chi connectivity index (χ1) is 10.1. The lowest BCUT2D eigenvalue weighted by molar-refractivity contribution is -0.117. The number of carbonyl (C=O) groups is 2. The van der Waals surface area contributed by atoms with Crippen molar-refractivity contribution in [3.8, 4) is 0 Å². The third-order valence-corrected chi connectivity index (χ3v) is 4.41. The summed E-state index contributed by atoms with van der Waals surface area (Å²) in [5, 5.41) is 6.26. The summed E-state index contributed by atoms with van der Waals surface area (Å²) in [6.07, 6.45) is 0. The molecule has 3 rings (SSSR count). The zero-order valence-corrected chi connectivity index (χ0v) is 12.3. The number of likely N-dealkylation sites (tertiary alicyclic amines) is 1. The Morgan fingerprint density at radius 3 is 2.57 bits per heavy atom. The van der Waals surface area contributed by atoms with Gasteiger partial charge in [0, 0.05) is 18.7 Å². The van der Waals surface area contributed by atoms with Crippen molar-refractivity contribution in [1.29, 1.82) is 0 Å². The Morgan fingerprint density at radius 1 is 1.24 bits per heavy atom. The van der Waals surface area contributed by atoms with Crippen molar-refractivity contribution < 1.29 is 9.59 Å². The van der Waals surface area contributed by atoms with Crippen molar-refractivity contribution in [2.24, 2.45) is 11.8 Å². The van der Waals surface area contributed by atoms with E-state index in [1.807, 2.05) is 6.07 Å². The quantitative estimate of drug-likeness (QED) is 0.810. The molecule has 0 aromatic heterocycles. The summed E-state index contributed by atoms with van der Waals surface area (Å²) in [6.45, 7) is 6.02. The average Bonchev–Trinajstić information content (AvgIpc) is 2.99. The highest BCUT2D eigenvalue weighted by atomic mass is 16.2. The third kappa shape index (κ3) is 3.14. The van der Waals surface area contributed by atoms with E-state index in [0.717, 1.165) is 26.2 Å². The number of hydrogen-bond donors (Lipinski definition) is 2. The van der Waals surface area contributed by atoms with Crippen molar-refractivity contribution in [3.63, 3.8) is 0 Å². The largest absolute Gasteiger partial charge is 0.324 e. The fraction of sp³-hybridized carbons (Fsp3) is 0.500. The fourth-order valence-corrected chi connectivity index (χ4v) is 3.37. The maximum atomic E-state index is 12.2. The number of benzene rings is 1. The van der Waals surface area contributed by atoms with E-state index in [9.17, 15) is 9.59 Å². The van der Waals surface area contributed by atoms with Gasteiger partial charge in [-0.1, -0.05) is 12.1 Å². The second-order valence-corrected chi connectivity index (χ2v) is 6.02. The fourth-order valence-electron chi connectivity index (χ4n) is 3.37. The molecule has 21 heavy (non-hydrogen) atoms. The molecule has 2 atom stereocenters. The Hall–Kier alpha value is -1.72. The molecule has 2 aliphatic rings. The molecule has 0 radical (unpaired) electrons. The number of hydrogen-bond acceptors (Lipinski definition) is 4.